The predicted molar refractivity (Wildman–Crippen MR) is 168 cm³/mol. The minimum atomic E-state index is -0.334. The first-order chi connectivity index (χ1) is 21.4. The van der Waals surface area contributed by atoms with Gasteiger partial charge in [0.2, 0.25) is 5.95 Å². The molecular weight excluding hydrogens is 556 g/mol. The van der Waals surface area contributed by atoms with Crippen LogP contribution in [0.3, 0.4) is 0 Å². The molecular formula is C32H42N10O2. The largest absolute Gasteiger partial charge is 0.389 e. The Morgan fingerprint density at radius 3 is 2.45 bits per heavy atom. The molecule has 0 bridgehead atoms. The number of hydrogen-bond donors (Lipinski definition) is 7. The van der Waals surface area contributed by atoms with Gasteiger partial charge in [-0.2, -0.15) is 10.1 Å². The Kier molecular flexibility index (Phi) is 8.07. The quantitative estimate of drug-likeness (QED) is 0.152. The zero-order valence-electron chi connectivity index (χ0n) is 25.0. The van der Waals surface area contributed by atoms with Gasteiger partial charge in [0.05, 0.1) is 6.10 Å². The van der Waals surface area contributed by atoms with Crippen LogP contribution < -0.4 is 21.3 Å². The minimum Gasteiger partial charge on any atom is -0.389 e. The summed E-state index contributed by atoms with van der Waals surface area (Å²) < 4.78 is 0. The van der Waals surface area contributed by atoms with Crippen molar-refractivity contribution in [3.8, 4) is 0 Å². The van der Waals surface area contributed by atoms with Crippen LogP contribution in [0.15, 0.2) is 36.5 Å². The lowest BCUT2D eigenvalue weighted by atomic mass is 9.91. The second-order valence-corrected chi connectivity index (χ2v) is 12.9. The van der Waals surface area contributed by atoms with E-state index >= 15 is 0 Å². The zero-order valence-corrected chi connectivity index (χ0v) is 25.0. The number of aromatic nitrogens is 4. The summed E-state index contributed by atoms with van der Waals surface area (Å²) in [4.78, 5) is 23.8. The molecule has 2 saturated carbocycles. The number of amides is 2. The van der Waals surface area contributed by atoms with Crippen LogP contribution in [0.25, 0.3) is 0 Å². The summed E-state index contributed by atoms with van der Waals surface area (Å²) in [6.45, 7) is 1.04. The minimum absolute atomic E-state index is 0.0482. The number of urea groups is 1. The van der Waals surface area contributed by atoms with E-state index in [4.69, 9.17) is 5.41 Å². The van der Waals surface area contributed by atoms with Gasteiger partial charge >= 0.3 is 6.03 Å². The maximum atomic E-state index is 12.9. The highest BCUT2D eigenvalue weighted by atomic mass is 16.3. The number of nitrogens with zero attached hydrogens (tertiary/aromatic N) is 4. The van der Waals surface area contributed by atoms with Crippen molar-refractivity contribution in [2.75, 3.05) is 23.7 Å². The summed E-state index contributed by atoms with van der Waals surface area (Å²) >= 11 is 0. The van der Waals surface area contributed by atoms with Gasteiger partial charge < -0.3 is 31.3 Å². The van der Waals surface area contributed by atoms with Crippen molar-refractivity contribution in [3.63, 3.8) is 0 Å². The third-order valence-corrected chi connectivity index (χ3v) is 9.63. The molecule has 2 amide bonds. The van der Waals surface area contributed by atoms with E-state index in [-0.39, 0.29) is 30.3 Å². The van der Waals surface area contributed by atoms with Crippen LogP contribution in [0.5, 0.6) is 0 Å². The van der Waals surface area contributed by atoms with Gasteiger partial charge in [-0.05, 0) is 74.6 Å². The van der Waals surface area contributed by atoms with Gasteiger partial charge in [0, 0.05) is 60.7 Å². The molecule has 3 aliphatic carbocycles. The number of aromatic amines is 1. The topological polar surface area (TPSA) is 167 Å². The molecule has 0 spiro atoms. The molecule has 1 aliphatic heterocycles. The molecule has 1 unspecified atom stereocenters. The summed E-state index contributed by atoms with van der Waals surface area (Å²) in [6, 6.07) is 10.4. The molecule has 1 atom stereocenters. The molecule has 7 N–H and O–H groups in total. The summed E-state index contributed by atoms with van der Waals surface area (Å²) in [5.74, 6) is 3.11. The Balaban J connectivity index is 0.841. The van der Waals surface area contributed by atoms with Crippen molar-refractivity contribution in [2.45, 2.75) is 94.4 Å². The summed E-state index contributed by atoms with van der Waals surface area (Å²) in [5.41, 5.74) is 4.47. The van der Waals surface area contributed by atoms with Crippen LogP contribution in [-0.2, 0) is 12.8 Å². The average molecular weight is 599 g/mol. The highest BCUT2D eigenvalue weighted by molar-refractivity contribution is 5.97. The lowest BCUT2D eigenvalue weighted by Gasteiger charge is -2.37. The monoisotopic (exact) mass is 598 g/mol. The van der Waals surface area contributed by atoms with Crippen LogP contribution in [0, 0.1) is 5.41 Å². The Morgan fingerprint density at radius 1 is 0.909 bits per heavy atom. The molecule has 1 aromatic carbocycles. The van der Waals surface area contributed by atoms with E-state index in [1.807, 2.05) is 17.0 Å². The first-order valence-electron chi connectivity index (χ1n) is 16.1. The highest BCUT2D eigenvalue weighted by Crippen LogP contribution is 2.34. The van der Waals surface area contributed by atoms with E-state index in [2.05, 4.69) is 59.6 Å². The van der Waals surface area contributed by atoms with Crippen LogP contribution >= 0.6 is 0 Å². The number of aliphatic hydroxyl groups excluding tert-OH is 1. The summed E-state index contributed by atoms with van der Waals surface area (Å²) in [5, 5.41) is 38.7. The molecule has 1 saturated heterocycles. The van der Waals surface area contributed by atoms with Crippen LogP contribution in [0.4, 0.5) is 22.4 Å². The van der Waals surface area contributed by atoms with E-state index in [1.54, 1.807) is 6.20 Å². The second kappa shape index (κ2) is 12.4. The average Bonchev–Trinajstić information content (AvgIpc) is 3.77. The number of H-pyrrole nitrogens is 1. The third kappa shape index (κ3) is 6.50. The molecule has 3 heterocycles. The maximum Gasteiger partial charge on any atom is 0.315 e. The number of benzene rings is 1. The number of hydrogen-bond acceptors (Lipinski definition) is 8. The number of anilines is 3. The van der Waals surface area contributed by atoms with Gasteiger partial charge in [-0.1, -0.05) is 25.0 Å². The number of β-amino-alcohol motifs (C(OH)–C–C–N with tert-alkyl or cyclic N) is 1. The van der Waals surface area contributed by atoms with Crippen molar-refractivity contribution < 1.29 is 9.90 Å². The van der Waals surface area contributed by atoms with Crippen molar-refractivity contribution >= 4 is 29.5 Å². The first kappa shape index (κ1) is 28.6. The van der Waals surface area contributed by atoms with Crippen molar-refractivity contribution in [3.05, 3.63) is 58.9 Å². The smallest absolute Gasteiger partial charge is 0.315 e. The fourth-order valence-corrected chi connectivity index (χ4v) is 7.14. The van der Waals surface area contributed by atoms with Crippen molar-refractivity contribution in [1.29, 1.82) is 5.41 Å². The van der Waals surface area contributed by atoms with E-state index in [0.29, 0.717) is 36.6 Å². The number of nitrogens with one attached hydrogen (secondary N) is 6. The van der Waals surface area contributed by atoms with Crippen LogP contribution in [0.1, 0.15) is 79.7 Å². The van der Waals surface area contributed by atoms with E-state index < -0.39 is 0 Å². The Labute approximate surface area is 257 Å². The molecule has 12 nitrogen and oxygen atoms in total. The van der Waals surface area contributed by atoms with Gasteiger partial charge in [-0.15, -0.1) is 0 Å². The lowest BCUT2D eigenvalue weighted by Crippen LogP contribution is -2.53. The van der Waals surface area contributed by atoms with Gasteiger partial charge in [0.25, 0.3) is 0 Å². The highest BCUT2D eigenvalue weighted by Gasteiger charge is 2.30. The molecule has 232 valence electrons. The fraction of sp³-hybridized carbons (Fsp3) is 0.531. The van der Waals surface area contributed by atoms with E-state index in [0.717, 1.165) is 49.9 Å². The Morgan fingerprint density at radius 2 is 1.66 bits per heavy atom. The van der Waals surface area contributed by atoms with Crippen molar-refractivity contribution in [2.24, 2.45) is 0 Å². The lowest BCUT2D eigenvalue weighted by molar-refractivity contribution is 0.0465. The number of likely N-dealkylation sites (tertiary alicyclic amines) is 1. The van der Waals surface area contributed by atoms with Crippen LogP contribution in [0.2, 0.25) is 0 Å². The Bertz CT molecular complexity index is 1490. The Hall–Kier alpha value is -4.19. The maximum absolute atomic E-state index is 12.9. The first-order valence-corrected chi connectivity index (χ1v) is 16.1. The summed E-state index contributed by atoms with van der Waals surface area (Å²) in [7, 11) is 0. The SMILES string of the molecule is N=C(c1ccc2c(c1)CC(NC(=O)N[C@H]1CC[C@H](Nc3nccc(Nc4cc(C5CCCC5)[nH]n4)n3)CC1)C2)N1CC(O)C1. The number of amidine groups is 1. The molecule has 12 heteroatoms. The number of carbonyl (C=O) groups is 1. The van der Waals surface area contributed by atoms with E-state index in [1.165, 1.54) is 42.5 Å². The predicted octanol–water partition coefficient (Wildman–Crippen LogP) is 3.79. The van der Waals surface area contributed by atoms with Crippen molar-refractivity contribution in [1.82, 2.24) is 35.7 Å². The molecule has 3 fully saturated rings. The molecule has 44 heavy (non-hydrogen) atoms. The standard InChI is InChI=1S/C32H42N10O2/c33-30(42-17-26(43)18-42)21-6-5-20-14-25(15-22(20)13-21)37-32(44)36-24-9-7-23(8-10-24)35-31-34-12-11-28(39-31)38-29-16-27(40-41-29)19-3-1-2-4-19/h5-6,11-13,16,19,23-26,33,43H,1-4,7-10,14-15,17-18H2,(H2,36,37,44)(H3,34,35,38,39,40,41)/t23-,24-,25?. The molecule has 0 radical (unpaired) electrons. The third-order valence-electron chi connectivity index (χ3n) is 9.63. The number of carbonyl (C=O) groups excluding carboxylic acids is 1. The molecule has 4 aliphatic rings. The number of fused-ring (bicyclic) bond motifs is 1. The number of aliphatic hydroxyl groups is 1. The molecule has 2 aromatic heterocycles. The number of rotatable bonds is 8. The second-order valence-electron chi connectivity index (χ2n) is 12.9. The zero-order chi connectivity index (χ0) is 30.0. The van der Waals surface area contributed by atoms with E-state index in [9.17, 15) is 9.90 Å². The normalized spacial score (nSPS) is 23.6. The fourth-order valence-electron chi connectivity index (χ4n) is 7.14. The van der Waals surface area contributed by atoms with Gasteiger partial charge in [0.15, 0.2) is 5.82 Å². The summed E-state index contributed by atoms with van der Waals surface area (Å²) in [6.07, 6.45) is 11.6. The van der Waals surface area contributed by atoms with Gasteiger partial charge in [0.1, 0.15) is 11.7 Å². The van der Waals surface area contributed by atoms with Crippen LogP contribution in [-0.4, -0.2) is 79.4 Å². The molecule has 3 aromatic rings. The molecule has 7 rings (SSSR count). The van der Waals surface area contributed by atoms with Gasteiger partial charge in [-0.25, -0.2) is 9.78 Å². The van der Waals surface area contributed by atoms with Gasteiger partial charge in [-0.3, -0.25) is 10.5 Å².